The van der Waals surface area contributed by atoms with Crippen LogP contribution in [0.3, 0.4) is 0 Å². The summed E-state index contributed by atoms with van der Waals surface area (Å²) < 4.78 is 0. The predicted molar refractivity (Wildman–Crippen MR) is 81.8 cm³/mol. The van der Waals surface area contributed by atoms with Gasteiger partial charge in [-0.1, -0.05) is 23.7 Å². The maximum atomic E-state index is 6.04. The minimum atomic E-state index is 0.333. The highest BCUT2D eigenvalue weighted by molar-refractivity contribution is 6.30. The minimum Gasteiger partial charge on any atom is -0.309 e. The summed E-state index contributed by atoms with van der Waals surface area (Å²) in [6.45, 7) is 6.64. The van der Waals surface area contributed by atoms with Crippen LogP contribution in [0.4, 0.5) is 0 Å². The van der Waals surface area contributed by atoms with Gasteiger partial charge in [-0.2, -0.15) is 0 Å². The van der Waals surface area contributed by atoms with Gasteiger partial charge in [0, 0.05) is 43.3 Å². The number of likely N-dealkylation sites (N-methyl/N-ethyl adjacent to an activating group) is 2. The number of nitrogens with one attached hydrogen (secondary N) is 1. The maximum absolute atomic E-state index is 6.04. The van der Waals surface area contributed by atoms with Crippen molar-refractivity contribution in [2.24, 2.45) is 0 Å². The van der Waals surface area contributed by atoms with Gasteiger partial charge in [0.2, 0.25) is 0 Å². The second-order valence-corrected chi connectivity index (χ2v) is 6.02. The fraction of sp³-hybridized carbons (Fsp3) is 0.600. The van der Waals surface area contributed by atoms with Crippen molar-refractivity contribution in [1.29, 1.82) is 0 Å². The van der Waals surface area contributed by atoms with E-state index in [0.717, 1.165) is 31.2 Å². The van der Waals surface area contributed by atoms with E-state index in [1.165, 1.54) is 5.56 Å². The van der Waals surface area contributed by atoms with Gasteiger partial charge < -0.3 is 10.2 Å². The average Bonchev–Trinajstić information content (AvgIpc) is 2.39. The molecule has 106 valence electrons. The molecule has 1 heterocycles. The molecule has 0 saturated carbocycles. The van der Waals surface area contributed by atoms with E-state index >= 15 is 0 Å². The average molecular weight is 282 g/mol. The fourth-order valence-electron chi connectivity index (χ4n) is 2.53. The molecule has 1 aromatic carbocycles. The lowest BCUT2D eigenvalue weighted by molar-refractivity contribution is 0.112. The van der Waals surface area contributed by atoms with Crippen molar-refractivity contribution in [2.45, 2.75) is 19.0 Å². The van der Waals surface area contributed by atoms with Crippen LogP contribution in [-0.2, 0) is 0 Å². The Labute approximate surface area is 121 Å². The molecule has 2 atom stereocenters. The summed E-state index contributed by atoms with van der Waals surface area (Å²) in [7, 11) is 4.41. The van der Waals surface area contributed by atoms with E-state index in [-0.39, 0.29) is 0 Å². The second kappa shape index (κ2) is 6.71. The van der Waals surface area contributed by atoms with Crippen LogP contribution in [0.15, 0.2) is 24.3 Å². The molecule has 1 aliphatic rings. The standard InChI is InChI=1S/C15H24ClN3/c1-12(13-5-4-6-14(16)9-13)17-10-15-11-18(2)7-8-19(15)3/h4-6,9,12,15,17H,7-8,10-11H2,1-3H3. The largest absolute Gasteiger partial charge is 0.309 e. The zero-order valence-corrected chi connectivity index (χ0v) is 12.8. The molecule has 1 aliphatic heterocycles. The van der Waals surface area contributed by atoms with Crippen LogP contribution >= 0.6 is 11.6 Å². The summed E-state index contributed by atoms with van der Waals surface area (Å²) in [5.74, 6) is 0. The first-order valence-electron chi connectivity index (χ1n) is 6.94. The Morgan fingerprint density at radius 3 is 2.89 bits per heavy atom. The van der Waals surface area contributed by atoms with Crippen LogP contribution in [0.1, 0.15) is 18.5 Å². The molecule has 1 N–H and O–H groups in total. The highest BCUT2D eigenvalue weighted by atomic mass is 35.5. The molecule has 3 nitrogen and oxygen atoms in total. The molecule has 0 aromatic heterocycles. The number of hydrogen-bond acceptors (Lipinski definition) is 3. The van der Waals surface area contributed by atoms with Gasteiger partial charge in [-0.05, 0) is 38.7 Å². The zero-order valence-electron chi connectivity index (χ0n) is 12.1. The third kappa shape index (κ3) is 4.18. The highest BCUT2D eigenvalue weighted by Crippen LogP contribution is 2.17. The van der Waals surface area contributed by atoms with Gasteiger partial charge in [0.1, 0.15) is 0 Å². The molecule has 2 unspecified atom stereocenters. The molecule has 0 bridgehead atoms. The number of hydrogen-bond donors (Lipinski definition) is 1. The third-order valence-corrected chi connectivity index (χ3v) is 4.22. The van der Waals surface area contributed by atoms with Gasteiger partial charge in [-0.3, -0.25) is 4.90 Å². The van der Waals surface area contributed by atoms with Crippen molar-refractivity contribution in [3.05, 3.63) is 34.9 Å². The van der Waals surface area contributed by atoms with Crippen LogP contribution in [0, 0.1) is 0 Å². The van der Waals surface area contributed by atoms with Crippen molar-refractivity contribution >= 4 is 11.6 Å². The molecular formula is C15H24ClN3. The zero-order chi connectivity index (χ0) is 13.8. The van der Waals surface area contributed by atoms with Gasteiger partial charge in [0.25, 0.3) is 0 Å². The molecular weight excluding hydrogens is 258 g/mol. The topological polar surface area (TPSA) is 18.5 Å². The van der Waals surface area contributed by atoms with Crippen molar-refractivity contribution in [3.63, 3.8) is 0 Å². The normalized spacial score (nSPS) is 23.5. The molecule has 0 amide bonds. The number of rotatable bonds is 4. The van der Waals surface area contributed by atoms with Gasteiger partial charge in [-0.25, -0.2) is 0 Å². The van der Waals surface area contributed by atoms with Crippen molar-refractivity contribution in [1.82, 2.24) is 15.1 Å². The minimum absolute atomic E-state index is 0.333. The van der Waals surface area contributed by atoms with Crippen molar-refractivity contribution in [2.75, 3.05) is 40.3 Å². The monoisotopic (exact) mass is 281 g/mol. The van der Waals surface area contributed by atoms with E-state index in [4.69, 9.17) is 11.6 Å². The number of halogens is 1. The van der Waals surface area contributed by atoms with Crippen molar-refractivity contribution in [3.8, 4) is 0 Å². The Morgan fingerprint density at radius 1 is 1.37 bits per heavy atom. The lowest BCUT2D eigenvalue weighted by Gasteiger charge is -2.38. The van der Waals surface area contributed by atoms with Gasteiger partial charge in [0.15, 0.2) is 0 Å². The van der Waals surface area contributed by atoms with Crippen LogP contribution in [0.25, 0.3) is 0 Å². The summed E-state index contributed by atoms with van der Waals surface area (Å²) in [5, 5.41) is 4.43. The SMILES string of the molecule is CC(NCC1CN(C)CCN1C)c1cccc(Cl)c1. The molecule has 19 heavy (non-hydrogen) atoms. The van der Waals surface area contributed by atoms with Crippen LogP contribution in [0.2, 0.25) is 5.02 Å². The summed E-state index contributed by atoms with van der Waals surface area (Å²) >= 11 is 6.04. The first kappa shape index (κ1) is 14.8. The molecule has 1 saturated heterocycles. The Morgan fingerprint density at radius 2 is 2.16 bits per heavy atom. The molecule has 0 radical (unpaired) electrons. The van der Waals surface area contributed by atoms with E-state index < -0.39 is 0 Å². The van der Waals surface area contributed by atoms with Gasteiger partial charge in [0.05, 0.1) is 0 Å². The Kier molecular flexibility index (Phi) is 5.22. The molecule has 2 rings (SSSR count). The van der Waals surface area contributed by atoms with Gasteiger partial charge >= 0.3 is 0 Å². The van der Waals surface area contributed by atoms with Crippen molar-refractivity contribution < 1.29 is 0 Å². The molecule has 1 aromatic rings. The summed E-state index contributed by atoms with van der Waals surface area (Å²) in [6.07, 6.45) is 0. The first-order chi connectivity index (χ1) is 9.06. The Hall–Kier alpha value is -0.610. The first-order valence-corrected chi connectivity index (χ1v) is 7.31. The van der Waals surface area contributed by atoms with Crippen LogP contribution in [0.5, 0.6) is 0 Å². The lowest BCUT2D eigenvalue weighted by Crippen LogP contribution is -2.53. The summed E-state index contributed by atoms with van der Waals surface area (Å²) in [5.41, 5.74) is 1.25. The Bertz CT molecular complexity index is 410. The van der Waals surface area contributed by atoms with E-state index in [1.54, 1.807) is 0 Å². The molecule has 0 spiro atoms. The molecule has 0 aliphatic carbocycles. The third-order valence-electron chi connectivity index (χ3n) is 3.99. The van der Waals surface area contributed by atoms with Crippen LogP contribution in [-0.4, -0.2) is 56.1 Å². The summed E-state index contributed by atoms with van der Waals surface area (Å²) in [4.78, 5) is 4.84. The Balaban J connectivity index is 1.87. The van der Waals surface area contributed by atoms with Crippen LogP contribution < -0.4 is 5.32 Å². The van der Waals surface area contributed by atoms with E-state index in [9.17, 15) is 0 Å². The smallest absolute Gasteiger partial charge is 0.0409 e. The predicted octanol–water partition coefficient (Wildman–Crippen LogP) is 2.24. The maximum Gasteiger partial charge on any atom is 0.0409 e. The molecule has 1 fully saturated rings. The fourth-order valence-corrected chi connectivity index (χ4v) is 2.73. The number of piperazine rings is 1. The summed E-state index contributed by atoms with van der Waals surface area (Å²) in [6, 6.07) is 9.01. The quantitative estimate of drug-likeness (QED) is 0.913. The number of nitrogens with zero attached hydrogens (tertiary/aromatic N) is 2. The van der Waals surface area contributed by atoms with E-state index in [1.807, 2.05) is 18.2 Å². The van der Waals surface area contributed by atoms with E-state index in [0.29, 0.717) is 12.1 Å². The second-order valence-electron chi connectivity index (χ2n) is 5.58. The molecule has 4 heteroatoms. The highest BCUT2D eigenvalue weighted by Gasteiger charge is 2.22. The van der Waals surface area contributed by atoms with Gasteiger partial charge in [-0.15, -0.1) is 0 Å². The number of benzene rings is 1. The van der Waals surface area contributed by atoms with E-state index in [2.05, 4.69) is 42.2 Å². The lowest BCUT2D eigenvalue weighted by atomic mass is 10.1.